The smallest absolute Gasteiger partial charge is 0.272 e. The Balaban J connectivity index is 2.61. The molecule has 7 heteroatoms. The Morgan fingerprint density at radius 2 is 2.19 bits per heavy atom. The molecular formula is C14H16N4O3. The van der Waals surface area contributed by atoms with Crippen LogP contribution in [0.2, 0.25) is 0 Å². The van der Waals surface area contributed by atoms with Gasteiger partial charge in [-0.25, -0.2) is 4.68 Å². The van der Waals surface area contributed by atoms with Gasteiger partial charge in [0.25, 0.3) is 5.69 Å². The molecule has 0 bridgehead atoms. The van der Waals surface area contributed by atoms with Crippen molar-refractivity contribution in [2.75, 3.05) is 5.73 Å². The molecule has 0 saturated carbocycles. The van der Waals surface area contributed by atoms with Crippen molar-refractivity contribution in [1.29, 1.82) is 0 Å². The molecule has 2 N–H and O–H groups in total. The Labute approximate surface area is 121 Å². The van der Waals surface area contributed by atoms with Crippen LogP contribution in [0.3, 0.4) is 0 Å². The number of benzene rings is 1. The molecule has 1 heterocycles. The van der Waals surface area contributed by atoms with Crippen LogP contribution in [0, 0.1) is 17.0 Å². The van der Waals surface area contributed by atoms with Crippen LogP contribution in [-0.4, -0.2) is 21.0 Å². The number of rotatable bonds is 5. The van der Waals surface area contributed by atoms with Gasteiger partial charge in [0.05, 0.1) is 10.5 Å². The Kier molecular flexibility index (Phi) is 4.02. The van der Waals surface area contributed by atoms with Crippen LogP contribution < -0.4 is 5.73 Å². The molecule has 2 aromatic rings. The first-order valence-corrected chi connectivity index (χ1v) is 6.56. The van der Waals surface area contributed by atoms with E-state index in [-0.39, 0.29) is 17.1 Å². The van der Waals surface area contributed by atoms with Crippen LogP contribution >= 0.6 is 0 Å². The van der Waals surface area contributed by atoms with Gasteiger partial charge >= 0.3 is 0 Å². The number of hydrogen-bond acceptors (Lipinski definition) is 5. The van der Waals surface area contributed by atoms with Crippen molar-refractivity contribution in [3.8, 4) is 11.3 Å². The van der Waals surface area contributed by atoms with Gasteiger partial charge in [-0.1, -0.05) is 19.1 Å². The zero-order valence-corrected chi connectivity index (χ0v) is 11.9. The molecule has 110 valence electrons. The van der Waals surface area contributed by atoms with Gasteiger partial charge in [0.2, 0.25) is 0 Å². The van der Waals surface area contributed by atoms with E-state index in [1.54, 1.807) is 23.7 Å². The molecule has 0 unspecified atom stereocenters. The molecule has 0 aliphatic rings. The maximum Gasteiger partial charge on any atom is 0.272 e. The number of carbonyl (C=O) groups excluding carboxylic acids is 1. The Morgan fingerprint density at radius 1 is 1.48 bits per heavy atom. The average Bonchev–Trinajstić information content (AvgIpc) is 2.76. The highest BCUT2D eigenvalue weighted by Gasteiger charge is 2.19. The normalized spacial score (nSPS) is 10.6. The van der Waals surface area contributed by atoms with Crippen molar-refractivity contribution < 1.29 is 9.72 Å². The van der Waals surface area contributed by atoms with Gasteiger partial charge in [0.15, 0.2) is 6.29 Å². The monoisotopic (exact) mass is 288 g/mol. The third-order valence-electron chi connectivity index (χ3n) is 3.26. The zero-order chi connectivity index (χ0) is 15.6. The van der Waals surface area contributed by atoms with Gasteiger partial charge in [-0.3, -0.25) is 14.9 Å². The minimum atomic E-state index is -0.453. The van der Waals surface area contributed by atoms with Crippen molar-refractivity contribution in [3.05, 3.63) is 39.4 Å². The van der Waals surface area contributed by atoms with Crippen LogP contribution in [-0.2, 0) is 6.54 Å². The second-order valence-electron chi connectivity index (χ2n) is 4.75. The molecule has 0 fully saturated rings. The fourth-order valence-electron chi connectivity index (χ4n) is 2.15. The van der Waals surface area contributed by atoms with Crippen LogP contribution in [0.15, 0.2) is 18.2 Å². The number of carbonyl (C=O) groups is 1. The molecule has 0 aliphatic carbocycles. The minimum absolute atomic E-state index is 0.00652. The summed E-state index contributed by atoms with van der Waals surface area (Å²) in [6.07, 6.45) is 1.45. The van der Waals surface area contributed by atoms with Gasteiger partial charge in [-0.2, -0.15) is 5.10 Å². The van der Waals surface area contributed by atoms with E-state index in [1.807, 2.05) is 6.92 Å². The second-order valence-corrected chi connectivity index (χ2v) is 4.75. The number of aromatic nitrogens is 2. The summed E-state index contributed by atoms with van der Waals surface area (Å²) in [5.41, 5.74) is 7.60. The third kappa shape index (κ3) is 2.62. The number of nitrogen functional groups attached to an aromatic ring is 1. The lowest BCUT2D eigenvalue weighted by atomic mass is 10.0. The molecule has 2 rings (SSSR count). The largest absolute Gasteiger partial charge is 0.383 e. The fraction of sp³-hybridized carbons (Fsp3) is 0.286. The summed E-state index contributed by atoms with van der Waals surface area (Å²) >= 11 is 0. The second kappa shape index (κ2) is 5.74. The van der Waals surface area contributed by atoms with Gasteiger partial charge in [-0.05, 0) is 13.3 Å². The van der Waals surface area contributed by atoms with Crippen LogP contribution in [0.1, 0.15) is 29.3 Å². The van der Waals surface area contributed by atoms with Gasteiger partial charge in [0.1, 0.15) is 11.5 Å². The minimum Gasteiger partial charge on any atom is -0.383 e. The number of aldehydes is 1. The van der Waals surface area contributed by atoms with E-state index in [0.29, 0.717) is 29.7 Å². The maximum atomic E-state index is 11.3. The summed E-state index contributed by atoms with van der Waals surface area (Å²) in [5.74, 6) is 0.282. The Morgan fingerprint density at radius 3 is 2.76 bits per heavy atom. The van der Waals surface area contributed by atoms with Crippen LogP contribution in [0.4, 0.5) is 11.5 Å². The van der Waals surface area contributed by atoms with Crippen molar-refractivity contribution in [3.63, 3.8) is 0 Å². The highest BCUT2D eigenvalue weighted by Crippen LogP contribution is 2.30. The predicted octanol–water partition coefficient (Wildman–Crippen LogP) is 2.57. The number of nitro benzene ring substituents is 1. The zero-order valence-electron chi connectivity index (χ0n) is 11.9. The summed E-state index contributed by atoms with van der Waals surface area (Å²) in [7, 11) is 0. The van der Waals surface area contributed by atoms with Gasteiger partial charge in [0, 0.05) is 23.7 Å². The summed E-state index contributed by atoms with van der Waals surface area (Å²) in [5, 5.41) is 15.3. The number of nitrogens with two attached hydrogens (primary N) is 1. The molecule has 0 atom stereocenters. The van der Waals surface area contributed by atoms with E-state index in [2.05, 4.69) is 5.10 Å². The van der Waals surface area contributed by atoms with Crippen molar-refractivity contribution in [2.45, 2.75) is 26.8 Å². The lowest BCUT2D eigenvalue weighted by Crippen LogP contribution is -2.04. The molecule has 1 aromatic heterocycles. The molecule has 7 nitrogen and oxygen atoms in total. The number of anilines is 1. The molecule has 21 heavy (non-hydrogen) atoms. The van der Waals surface area contributed by atoms with E-state index in [9.17, 15) is 14.9 Å². The quantitative estimate of drug-likeness (QED) is 0.517. The lowest BCUT2D eigenvalue weighted by Gasteiger charge is -2.01. The number of aryl methyl sites for hydroxylation is 2. The fourth-order valence-corrected chi connectivity index (χ4v) is 2.15. The standard InChI is InChI=1S/C14H16N4O3/c1-3-6-17-14(15)11(8-19)13(16-17)10-5-4-9(2)12(7-10)18(20)21/h4-5,7-8H,3,6,15H2,1-2H3. The summed E-state index contributed by atoms with van der Waals surface area (Å²) in [4.78, 5) is 21.8. The first-order valence-electron chi connectivity index (χ1n) is 6.56. The first-order chi connectivity index (χ1) is 9.99. The van der Waals surface area contributed by atoms with E-state index < -0.39 is 4.92 Å². The molecule has 0 aliphatic heterocycles. The number of nitro groups is 1. The molecule has 0 radical (unpaired) electrons. The highest BCUT2D eigenvalue weighted by molar-refractivity contribution is 5.91. The SMILES string of the molecule is CCCn1nc(-c2ccc(C)c([N+](=O)[O-])c2)c(C=O)c1N. The number of nitrogens with zero attached hydrogens (tertiary/aromatic N) is 3. The summed E-state index contributed by atoms with van der Waals surface area (Å²) in [6, 6.07) is 4.75. The van der Waals surface area contributed by atoms with Crippen molar-refractivity contribution >= 4 is 17.8 Å². The van der Waals surface area contributed by atoms with E-state index >= 15 is 0 Å². The van der Waals surface area contributed by atoms with E-state index in [4.69, 9.17) is 5.73 Å². The molecule has 0 saturated heterocycles. The first kappa shape index (κ1) is 14.7. The highest BCUT2D eigenvalue weighted by atomic mass is 16.6. The molecule has 0 amide bonds. The van der Waals surface area contributed by atoms with E-state index in [0.717, 1.165) is 6.42 Å². The van der Waals surface area contributed by atoms with Crippen LogP contribution in [0.25, 0.3) is 11.3 Å². The third-order valence-corrected chi connectivity index (χ3v) is 3.26. The predicted molar refractivity (Wildman–Crippen MR) is 79.1 cm³/mol. The Hall–Kier alpha value is -2.70. The average molecular weight is 288 g/mol. The summed E-state index contributed by atoms with van der Waals surface area (Å²) < 4.78 is 1.55. The topological polar surface area (TPSA) is 104 Å². The van der Waals surface area contributed by atoms with Gasteiger partial charge in [-0.15, -0.1) is 0 Å². The van der Waals surface area contributed by atoms with Crippen molar-refractivity contribution in [2.24, 2.45) is 0 Å². The van der Waals surface area contributed by atoms with Crippen molar-refractivity contribution in [1.82, 2.24) is 9.78 Å². The maximum absolute atomic E-state index is 11.3. The van der Waals surface area contributed by atoms with Gasteiger partial charge < -0.3 is 5.73 Å². The van der Waals surface area contributed by atoms with E-state index in [1.165, 1.54) is 6.07 Å². The molecular weight excluding hydrogens is 272 g/mol. The lowest BCUT2D eigenvalue weighted by molar-refractivity contribution is -0.385. The molecule has 1 aromatic carbocycles. The van der Waals surface area contributed by atoms with Crippen LogP contribution in [0.5, 0.6) is 0 Å². The number of hydrogen-bond donors (Lipinski definition) is 1. The summed E-state index contributed by atoms with van der Waals surface area (Å²) in [6.45, 7) is 4.21. The Bertz CT molecular complexity index is 706. The molecule has 0 spiro atoms.